The minimum Gasteiger partial charge on any atom is -0.465 e. The number of ether oxygens (including phenoxy) is 1. The molecule has 0 aliphatic heterocycles. The van der Waals surface area contributed by atoms with Gasteiger partial charge in [0.1, 0.15) is 6.54 Å². The van der Waals surface area contributed by atoms with E-state index in [1.165, 1.54) is 28.5 Å². The summed E-state index contributed by atoms with van der Waals surface area (Å²) in [6.07, 6.45) is 2.93. The summed E-state index contributed by atoms with van der Waals surface area (Å²) in [5, 5.41) is 1.26. The average molecular weight is 424 g/mol. The molecule has 0 saturated carbocycles. The SMILES string of the molecule is CCOC(=O)Cn1c(=O)c2cnccc2n(Cc2nsc3cc(C)cc(C)c23)c1=O. The first-order chi connectivity index (χ1) is 14.4. The molecule has 9 heteroatoms. The molecule has 0 N–H and O–H groups in total. The molecule has 0 aliphatic rings. The average Bonchev–Trinajstić information content (AvgIpc) is 3.11. The van der Waals surface area contributed by atoms with E-state index in [4.69, 9.17) is 4.74 Å². The zero-order valence-corrected chi connectivity index (χ0v) is 17.7. The second-order valence-electron chi connectivity index (χ2n) is 7.04. The van der Waals surface area contributed by atoms with E-state index >= 15 is 0 Å². The molecule has 3 heterocycles. The molecule has 0 spiro atoms. The van der Waals surface area contributed by atoms with E-state index in [-0.39, 0.29) is 18.5 Å². The standard InChI is InChI=1S/C21H20N4O4S/c1-4-29-18(26)11-25-20(27)14-9-22-6-5-16(14)24(21(25)28)10-15-19-13(3)7-12(2)8-17(19)30-23-15/h5-9H,4,10-11H2,1-3H3. The highest BCUT2D eigenvalue weighted by Crippen LogP contribution is 2.28. The van der Waals surface area contributed by atoms with Gasteiger partial charge in [0.05, 0.1) is 34.4 Å². The fraction of sp³-hybridized carbons (Fsp3) is 0.286. The molecule has 4 rings (SSSR count). The smallest absolute Gasteiger partial charge is 0.332 e. The van der Waals surface area contributed by atoms with Crippen molar-refractivity contribution in [3.8, 4) is 0 Å². The lowest BCUT2D eigenvalue weighted by molar-refractivity contribution is -0.143. The Labute approximate surface area is 175 Å². The van der Waals surface area contributed by atoms with Gasteiger partial charge >= 0.3 is 11.7 Å². The fourth-order valence-corrected chi connectivity index (χ4v) is 4.64. The Morgan fingerprint density at radius 2 is 2.00 bits per heavy atom. The lowest BCUT2D eigenvalue weighted by Crippen LogP contribution is -2.42. The molecule has 0 saturated heterocycles. The third kappa shape index (κ3) is 3.41. The minimum absolute atomic E-state index is 0.167. The third-order valence-corrected chi connectivity index (χ3v) is 5.74. The molecule has 4 aromatic rings. The first kappa shape index (κ1) is 20.0. The van der Waals surface area contributed by atoms with Crippen molar-refractivity contribution in [1.82, 2.24) is 18.5 Å². The first-order valence-corrected chi connectivity index (χ1v) is 10.3. The molecule has 30 heavy (non-hydrogen) atoms. The molecule has 154 valence electrons. The van der Waals surface area contributed by atoms with Crippen LogP contribution >= 0.6 is 11.5 Å². The zero-order valence-electron chi connectivity index (χ0n) is 16.8. The second kappa shape index (κ2) is 7.83. The van der Waals surface area contributed by atoms with Crippen LogP contribution in [-0.2, 0) is 22.6 Å². The van der Waals surface area contributed by atoms with E-state index in [9.17, 15) is 14.4 Å². The van der Waals surface area contributed by atoms with E-state index in [2.05, 4.69) is 21.5 Å². The molecule has 0 unspecified atom stereocenters. The maximum atomic E-state index is 13.2. The van der Waals surface area contributed by atoms with Crippen LogP contribution in [0.2, 0.25) is 0 Å². The van der Waals surface area contributed by atoms with Gasteiger partial charge in [-0.3, -0.25) is 19.1 Å². The predicted octanol–water partition coefficient (Wildman–Crippen LogP) is 2.40. The van der Waals surface area contributed by atoms with Crippen molar-refractivity contribution in [3.63, 3.8) is 0 Å². The summed E-state index contributed by atoms with van der Waals surface area (Å²) < 4.78 is 12.9. The summed E-state index contributed by atoms with van der Waals surface area (Å²) in [5.41, 5.74) is 2.26. The van der Waals surface area contributed by atoms with Crippen LogP contribution in [-0.4, -0.2) is 31.1 Å². The van der Waals surface area contributed by atoms with E-state index < -0.39 is 23.8 Å². The van der Waals surface area contributed by atoms with Gasteiger partial charge in [0.25, 0.3) is 5.56 Å². The zero-order chi connectivity index (χ0) is 21.4. The van der Waals surface area contributed by atoms with E-state index in [1.54, 1.807) is 13.0 Å². The molecule has 0 radical (unpaired) electrons. The minimum atomic E-state index is -0.642. The van der Waals surface area contributed by atoms with Crippen LogP contribution in [0.1, 0.15) is 23.7 Å². The number of pyridine rings is 1. The number of hydrogen-bond acceptors (Lipinski definition) is 7. The predicted molar refractivity (Wildman–Crippen MR) is 115 cm³/mol. The number of hydrogen-bond donors (Lipinski definition) is 0. The number of carbonyl (C=O) groups is 1. The van der Waals surface area contributed by atoms with Crippen molar-refractivity contribution in [3.05, 3.63) is 68.3 Å². The molecule has 0 amide bonds. The number of rotatable bonds is 5. The Balaban J connectivity index is 1.92. The number of fused-ring (bicyclic) bond motifs is 2. The Kier molecular flexibility index (Phi) is 5.21. The van der Waals surface area contributed by atoms with Crippen LogP contribution < -0.4 is 11.2 Å². The summed E-state index contributed by atoms with van der Waals surface area (Å²) >= 11 is 1.38. The van der Waals surface area contributed by atoms with Crippen LogP contribution in [0.5, 0.6) is 0 Å². The highest BCUT2D eigenvalue weighted by atomic mass is 32.1. The summed E-state index contributed by atoms with van der Waals surface area (Å²) in [5.74, 6) is -0.642. The van der Waals surface area contributed by atoms with Gasteiger partial charge in [-0.1, -0.05) is 6.07 Å². The van der Waals surface area contributed by atoms with E-state index in [0.29, 0.717) is 5.52 Å². The van der Waals surface area contributed by atoms with Crippen molar-refractivity contribution in [2.75, 3.05) is 6.61 Å². The Morgan fingerprint density at radius 3 is 2.77 bits per heavy atom. The summed E-state index contributed by atoms with van der Waals surface area (Å²) in [6, 6.07) is 5.76. The number of esters is 1. The van der Waals surface area contributed by atoms with Gasteiger partial charge < -0.3 is 4.74 Å². The second-order valence-corrected chi connectivity index (χ2v) is 7.85. The third-order valence-electron chi connectivity index (χ3n) is 4.91. The summed E-state index contributed by atoms with van der Waals surface area (Å²) in [6.45, 7) is 5.60. The molecule has 0 fully saturated rings. The van der Waals surface area contributed by atoms with Gasteiger partial charge in [0, 0.05) is 17.8 Å². The Hall–Kier alpha value is -3.33. The van der Waals surface area contributed by atoms with Crippen molar-refractivity contribution < 1.29 is 9.53 Å². The van der Waals surface area contributed by atoms with Crippen molar-refractivity contribution in [2.24, 2.45) is 0 Å². The van der Waals surface area contributed by atoms with Gasteiger partial charge in [-0.25, -0.2) is 9.36 Å². The van der Waals surface area contributed by atoms with E-state index in [0.717, 1.165) is 31.5 Å². The van der Waals surface area contributed by atoms with Crippen molar-refractivity contribution in [1.29, 1.82) is 0 Å². The number of nitrogens with zero attached hydrogens (tertiary/aromatic N) is 4. The maximum Gasteiger partial charge on any atom is 0.332 e. The van der Waals surface area contributed by atoms with Gasteiger partial charge in [-0.15, -0.1) is 0 Å². The highest BCUT2D eigenvalue weighted by molar-refractivity contribution is 7.13. The van der Waals surface area contributed by atoms with Gasteiger partial charge in [-0.05, 0) is 55.6 Å². The maximum absolute atomic E-state index is 13.2. The number of aromatic nitrogens is 4. The molecule has 1 aromatic carbocycles. The van der Waals surface area contributed by atoms with Gasteiger partial charge in [-0.2, -0.15) is 4.37 Å². The number of benzene rings is 1. The summed E-state index contributed by atoms with van der Waals surface area (Å²) in [4.78, 5) is 42.0. The monoisotopic (exact) mass is 424 g/mol. The van der Waals surface area contributed by atoms with Crippen molar-refractivity contribution >= 4 is 38.5 Å². The largest absolute Gasteiger partial charge is 0.465 e. The van der Waals surface area contributed by atoms with Crippen LogP contribution in [0.15, 0.2) is 40.2 Å². The topological polar surface area (TPSA) is 96.1 Å². The normalized spacial score (nSPS) is 11.3. The molecular formula is C21H20N4O4S. The molecule has 8 nitrogen and oxygen atoms in total. The van der Waals surface area contributed by atoms with Crippen LogP contribution in [0.3, 0.4) is 0 Å². The molecular weight excluding hydrogens is 404 g/mol. The lowest BCUT2D eigenvalue weighted by Gasteiger charge is -2.13. The quantitative estimate of drug-likeness (QED) is 0.457. The molecule has 0 bridgehead atoms. The van der Waals surface area contributed by atoms with E-state index in [1.807, 2.05) is 13.8 Å². The highest BCUT2D eigenvalue weighted by Gasteiger charge is 2.18. The number of aryl methyl sites for hydroxylation is 2. The Morgan fingerprint density at radius 1 is 1.20 bits per heavy atom. The molecule has 0 aliphatic carbocycles. The fourth-order valence-electron chi connectivity index (χ4n) is 3.67. The molecule has 3 aromatic heterocycles. The van der Waals surface area contributed by atoms with Crippen LogP contribution in [0.25, 0.3) is 21.0 Å². The number of carbonyl (C=O) groups excluding carboxylic acids is 1. The van der Waals surface area contributed by atoms with Crippen LogP contribution in [0, 0.1) is 13.8 Å². The summed E-state index contributed by atoms with van der Waals surface area (Å²) in [7, 11) is 0. The van der Waals surface area contributed by atoms with Crippen LogP contribution in [0.4, 0.5) is 0 Å². The Bertz CT molecular complexity index is 1400. The molecule has 0 atom stereocenters. The van der Waals surface area contributed by atoms with Gasteiger partial charge in [0.15, 0.2) is 0 Å². The first-order valence-electron chi connectivity index (χ1n) is 9.49. The van der Waals surface area contributed by atoms with Crippen molar-refractivity contribution in [2.45, 2.75) is 33.9 Å². The lowest BCUT2D eigenvalue weighted by atomic mass is 10.1. The van der Waals surface area contributed by atoms with Gasteiger partial charge in [0.2, 0.25) is 0 Å².